The number of nitrogens with two attached hydrogens (primary N) is 1. The van der Waals surface area contributed by atoms with E-state index in [9.17, 15) is 9.90 Å². The number of hydrogen-bond acceptors (Lipinski definition) is 6. The molecular formula is C13H29BCl2N2O5. The van der Waals surface area contributed by atoms with Crippen molar-refractivity contribution in [1.29, 1.82) is 0 Å². The second kappa shape index (κ2) is 12.3. The van der Waals surface area contributed by atoms with Crippen LogP contribution in [0.4, 0.5) is 0 Å². The number of carboxylic acids is 1. The van der Waals surface area contributed by atoms with Gasteiger partial charge in [-0.3, -0.25) is 4.79 Å². The monoisotopic (exact) mass is 374 g/mol. The van der Waals surface area contributed by atoms with Crippen LogP contribution in [0.5, 0.6) is 0 Å². The van der Waals surface area contributed by atoms with E-state index in [2.05, 4.69) is 4.90 Å². The molecule has 2 unspecified atom stereocenters. The second-order valence-electron chi connectivity index (χ2n) is 6.08. The van der Waals surface area contributed by atoms with Crippen LogP contribution in [-0.4, -0.2) is 70.0 Å². The Morgan fingerprint density at radius 3 is 2.39 bits per heavy atom. The average Bonchev–Trinajstić information content (AvgIpc) is 2.89. The Kier molecular flexibility index (Phi) is 13.5. The van der Waals surface area contributed by atoms with E-state index in [0.717, 1.165) is 19.5 Å². The first-order valence-corrected chi connectivity index (χ1v) is 7.59. The van der Waals surface area contributed by atoms with Gasteiger partial charge in [0.25, 0.3) is 0 Å². The molecule has 23 heavy (non-hydrogen) atoms. The molecule has 0 saturated carbocycles. The lowest BCUT2D eigenvalue weighted by Gasteiger charge is -2.27. The summed E-state index contributed by atoms with van der Waals surface area (Å²) in [5.74, 6) is -0.724. The minimum atomic E-state index is -1.35. The van der Waals surface area contributed by atoms with Crippen LogP contribution in [-0.2, 0) is 4.79 Å². The van der Waals surface area contributed by atoms with Gasteiger partial charge in [0, 0.05) is 19.7 Å². The number of aliphatic hydroxyl groups is 1. The maximum absolute atomic E-state index is 11.4. The molecule has 1 fully saturated rings. The molecule has 0 radical (unpaired) electrons. The number of nitrogens with zero attached hydrogens (tertiary/aromatic N) is 1. The molecule has 1 aliphatic rings. The molecule has 2 atom stereocenters. The lowest BCUT2D eigenvalue weighted by Crippen LogP contribution is -2.50. The van der Waals surface area contributed by atoms with Gasteiger partial charge in [0.2, 0.25) is 0 Å². The summed E-state index contributed by atoms with van der Waals surface area (Å²) in [4.78, 5) is 13.5. The summed E-state index contributed by atoms with van der Waals surface area (Å²) in [5.41, 5.74) is 4.74. The van der Waals surface area contributed by atoms with E-state index in [1.165, 1.54) is 0 Å². The maximum atomic E-state index is 11.4. The van der Waals surface area contributed by atoms with Crippen molar-refractivity contribution >= 4 is 37.9 Å². The molecule has 0 aliphatic carbocycles. The molecule has 0 aromatic carbocycles. The number of aliphatic hydroxyl groups excluding tert-OH is 1. The van der Waals surface area contributed by atoms with Crippen LogP contribution in [0.3, 0.4) is 0 Å². The molecule has 7 nitrogen and oxygen atoms in total. The normalized spacial score (nSPS) is 20.3. The van der Waals surface area contributed by atoms with Crippen molar-refractivity contribution in [2.45, 2.75) is 44.0 Å². The van der Waals surface area contributed by atoms with Crippen LogP contribution in [0.2, 0.25) is 6.32 Å². The van der Waals surface area contributed by atoms with Crippen molar-refractivity contribution in [3.63, 3.8) is 0 Å². The van der Waals surface area contributed by atoms with E-state index in [1.807, 2.05) is 0 Å². The zero-order valence-corrected chi connectivity index (χ0v) is 14.9. The van der Waals surface area contributed by atoms with Crippen LogP contribution in [0, 0.1) is 5.92 Å². The molecule has 0 aromatic heterocycles. The molecular weight excluding hydrogens is 346 g/mol. The Morgan fingerprint density at radius 2 is 1.91 bits per heavy atom. The van der Waals surface area contributed by atoms with Gasteiger partial charge in [0.05, 0.1) is 0 Å². The van der Waals surface area contributed by atoms with Gasteiger partial charge in [-0.15, -0.1) is 24.8 Å². The molecule has 0 aromatic rings. The van der Waals surface area contributed by atoms with Crippen molar-refractivity contribution in [1.82, 2.24) is 4.90 Å². The first kappa shape index (κ1) is 25.2. The largest absolute Gasteiger partial charge is 0.480 e. The van der Waals surface area contributed by atoms with Gasteiger partial charge in [-0.1, -0.05) is 12.8 Å². The number of rotatable bonds is 10. The lowest BCUT2D eigenvalue weighted by atomic mass is 9.81. The minimum absolute atomic E-state index is 0. The first-order valence-electron chi connectivity index (χ1n) is 7.59. The first-order chi connectivity index (χ1) is 9.87. The molecule has 0 spiro atoms. The maximum Gasteiger partial charge on any atom is 0.451 e. The summed E-state index contributed by atoms with van der Waals surface area (Å²) in [5, 5.41) is 36.0. The Labute approximate surface area is 150 Å². The number of carbonyl (C=O) groups is 1. The van der Waals surface area contributed by atoms with Gasteiger partial charge in [0.1, 0.15) is 5.54 Å². The second-order valence-corrected chi connectivity index (χ2v) is 6.08. The van der Waals surface area contributed by atoms with Crippen LogP contribution in [0.1, 0.15) is 32.1 Å². The van der Waals surface area contributed by atoms with Crippen LogP contribution < -0.4 is 5.73 Å². The Balaban J connectivity index is 0. The third-order valence-electron chi connectivity index (χ3n) is 4.26. The van der Waals surface area contributed by atoms with E-state index < -0.39 is 18.6 Å². The van der Waals surface area contributed by atoms with Gasteiger partial charge in [-0.2, -0.15) is 0 Å². The predicted molar refractivity (Wildman–Crippen MR) is 94.1 cm³/mol. The van der Waals surface area contributed by atoms with Crippen LogP contribution >= 0.6 is 24.8 Å². The molecule has 1 aliphatic heterocycles. The highest BCUT2D eigenvalue weighted by Crippen LogP contribution is 2.21. The Hall–Kier alpha value is -0.0851. The highest BCUT2D eigenvalue weighted by atomic mass is 35.5. The highest BCUT2D eigenvalue weighted by Gasteiger charge is 2.34. The van der Waals surface area contributed by atoms with E-state index in [4.69, 9.17) is 20.9 Å². The molecule has 0 bridgehead atoms. The molecule has 6 N–H and O–H groups in total. The van der Waals surface area contributed by atoms with Crippen LogP contribution in [0.25, 0.3) is 0 Å². The summed E-state index contributed by atoms with van der Waals surface area (Å²) in [6.45, 7) is 2.45. The SMILES string of the molecule is Cl.Cl.NC(CCCCB(O)O)(CCN1CCC(CO)C1)C(=O)O. The number of hydrogen-bond donors (Lipinski definition) is 5. The van der Waals surface area contributed by atoms with Gasteiger partial charge < -0.3 is 30.9 Å². The molecule has 10 heteroatoms. The molecule has 138 valence electrons. The molecule has 1 heterocycles. The molecule has 0 amide bonds. The average molecular weight is 375 g/mol. The summed E-state index contributed by atoms with van der Waals surface area (Å²) in [6, 6.07) is 0. The van der Waals surface area contributed by atoms with Gasteiger partial charge in [-0.25, -0.2) is 0 Å². The quantitative estimate of drug-likeness (QED) is 0.268. The summed E-state index contributed by atoms with van der Waals surface area (Å²) >= 11 is 0. The Morgan fingerprint density at radius 1 is 1.26 bits per heavy atom. The van der Waals surface area contributed by atoms with Crippen molar-refractivity contribution < 1.29 is 25.1 Å². The smallest absolute Gasteiger partial charge is 0.451 e. The number of likely N-dealkylation sites (tertiary alicyclic amines) is 1. The van der Waals surface area contributed by atoms with Crippen molar-refractivity contribution in [3.8, 4) is 0 Å². The van der Waals surface area contributed by atoms with E-state index >= 15 is 0 Å². The summed E-state index contributed by atoms with van der Waals surface area (Å²) in [7, 11) is -1.35. The lowest BCUT2D eigenvalue weighted by molar-refractivity contribution is -0.144. The van der Waals surface area contributed by atoms with E-state index in [-0.39, 0.29) is 43.7 Å². The number of halogens is 2. The zero-order valence-electron chi connectivity index (χ0n) is 13.3. The van der Waals surface area contributed by atoms with E-state index in [0.29, 0.717) is 32.2 Å². The molecule has 1 rings (SSSR count). The fourth-order valence-corrected chi connectivity index (χ4v) is 2.73. The standard InChI is InChI=1S/C13H27BN2O5.2ClH/c15-13(12(18)19,4-1-2-6-14(20)21)5-8-16-7-3-11(9-16)10-17;;/h11,17,20-21H,1-10,15H2,(H,18,19);2*1H. The van der Waals surface area contributed by atoms with Crippen LogP contribution in [0.15, 0.2) is 0 Å². The van der Waals surface area contributed by atoms with Crippen molar-refractivity contribution in [3.05, 3.63) is 0 Å². The predicted octanol–water partition coefficient (Wildman–Crippen LogP) is -0.0405. The zero-order chi connectivity index (χ0) is 15.9. The molecule has 1 saturated heterocycles. The summed E-state index contributed by atoms with van der Waals surface area (Å²) in [6.07, 6.45) is 2.96. The van der Waals surface area contributed by atoms with Crippen molar-refractivity contribution in [2.75, 3.05) is 26.2 Å². The van der Waals surface area contributed by atoms with Crippen molar-refractivity contribution in [2.24, 2.45) is 11.7 Å². The third kappa shape index (κ3) is 9.09. The third-order valence-corrected chi connectivity index (χ3v) is 4.26. The van der Waals surface area contributed by atoms with E-state index in [1.54, 1.807) is 0 Å². The van der Waals surface area contributed by atoms with Gasteiger partial charge in [-0.05, 0) is 38.0 Å². The van der Waals surface area contributed by atoms with Gasteiger partial charge in [0.15, 0.2) is 0 Å². The fourth-order valence-electron chi connectivity index (χ4n) is 2.73. The van der Waals surface area contributed by atoms with Gasteiger partial charge >= 0.3 is 13.1 Å². The highest BCUT2D eigenvalue weighted by molar-refractivity contribution is 6.40. The fraction of sp³-hybridized carbons (Fsp3) is 0.923. The summed E-state index contributed by atoms with van der Waals surface area (Å²) < 4.78 is 0. The Bertz CT molecular complexity index is 341. The topological polar surface area (TPSA) is 127 Å². The minimum Gasteiger partial charge on any atom is -0.480 e. The number of carboxylic acid groups (broad SMARTS) is 1. The number of aliphatic carboxylic acids is 1. The number of unbranched alkanes of at least 4 members (excludes halogenated alkanes) is 1.